The summed E-state index contributed by atoms with van der Waals surface area (Å²) >= 11 is 0.983. The summed E-state index contributed by atoms with van der Waals surface area (Å²) in [4.78, 5) is 50.7. The summed E-state index contributed by atoms with van der Waals surface area (Å²) in [5.41, 5.74) is -0.354. The summed E-state index contributed by atoms with van der Waals surface area (Å²) in [6, 6.07) is 9.30. The molecule has 0 fully saturated rings. The van der Waals surface area contributed by atoms with Crippen LogP contribution in [0.25, 0.3) is 10.2 Å². The molecule has 3 aromatic rings. The first-order valence-electron chi connectivity index (χ1n) is 10.5. The van der Waals surface area contributed by atoms with E-state index < -0.39 is 35.8 Å². The third-order valence-electron chi connectivity index (χ3n) is 5.00. The zero-order valence-electron chi connectivity index (χ0n) is 18.9. The standard InChI is InChI=1S/C23H26N2O7S/c1-5-31-22(29)19-14(4)18-20(28)24(12-17(26)27)23(30)25(21(18)33-19)11-16(32-13(2)3)15-9-7-6-8-10-15/h6-10,13,16H,5,11-12H2,1-4H3,(H,26,27)/t16-/m0/s1. The number of ether oxygens (including phenoxy) is 2. The van der Waals surface area contributed by atoms with Crippen LogP contribution in [-0.2, 0) is 27.4 Å². The molecule has 0 saturated carbocycles. The normalized spacial score (nSPS) is 12.3. The van der Waals surface area contributed by atoms with E-state index in [0.29, 0.717) is 10.1 Å². The molecule has 176 valence electrons. The molecular formula is C23H26N2O7S. The maximum absolute atomic E-state index is 13.3. The first kappa shape index (κ1) is 24.4. The van der Waals surface area contributed by atoms with Crippen LogP contribution in [-0.4, -0.2) is 38.9 Å². The van der Waals surface area contributed by atoms with Gasteiger partial charge in [-0.1, -0.05) is 30.3 Å². The lowest BCUT2D eigenvalue weighted by atomic mass is 10.1. The fourth-order valence-electron chi connectivity index (χ4n) is 3.61. The van der Waals surface area contributed by atoms with Gasteiger partial charge in [0.1, 0.15) is 22.4 Å². The van der Waals surface area contributed by atoms with Crippen LogP contribution in [0.2, 0.25) is 0 Å². The molecule has 0 aliphatic carbocycles. The fourth-order valence-corrected chi connectivity index (χ4v) is 4.81. The van der Waals surface area contributed by atoms with Gasteiger partial charge in [-0.05, 0) is 38.8 Å². The number of fused-ring (bicyclic) bond motifs is 1. The quantitative estimate of drug-likeness (QED) is 0.474. The minimum absolute atomic E-state index is 0.0274. The number of carbonyl (C=O) groups is 2. The Labute approximate surface area is 193 Å². The number of aryl methyl sites for hydroxylation is 1. The van der Waals surface area contributed by atoms with Crippen LogP contribution < -0.4 is 11.2 Å². The number of thiophene rings is 1. The highest BCUT2D eigenvalue weighted by Crippen LogP contribution is 2.30. The molecule has 0 aliphatic heterocycles. The van der Waals surface area contributed by atoms with Crippen LogP contribution in [0, 0.1) is 6.92 Å². The van der Waals surface area contributed by atoms with Gasteiger partial charge in [0.15, 0.2) is 0 Å². The summed E-state index contributed by atoms with van der Waals surface area (Å²) in [5.74, 6) is -1.92. The van der Waals surface area contributed by atoms with Gasteiger partial charge in [0.25, 0.3) is 5.56 Å². The zero-order chi connectivity index (χ0) is 24.3. The van der Waals surface area contributed by atoms with E-state index in [1.54, 1.807) is 13.8 Å². The van der Waals surface area contributed by atoms with Crippen LogP contribution in [0.1, 0.15) is 47.7 Å². The van der Waals surface area contributed by atoms with Gasteiger partial charge in [-0.25, -0.2) is 14.2 Å². The van der Waals surface area contributed by atoms with Gasteiger partial charge in [0, 0.05) is 0 Å². The number of benzene rings is 1. The van der Waals surface area contributed by atoms with Crippen molar-refractivity contribution in [2.75, 3.05) is 6.61 Å². The molecule has 9 nitrogen and oxygen atoms in total. The van der Waals surface area contributed by atoms with E-state index in [2.05, 4.69) is 0 Å². The second-order valence-electron chi connectivity index (χ2n) is 7.72. The van der Waals surface area contributed by atoms with Crippen molar-refractivity contribution >= 4 is 33.5 Å². The Kier molecular flexibility index (Phi) is 7.50. The summed E-state index contributed by atoms with van der Waals surface area (Å²) in [5, 5.41) is 9.41. The van der Waals surface area contributed by atoms with Crippen LogP contribution in [0.15, 0.2) is 39.9 Å². The molecule has 0 amide bonds. The van der Waals surface area contributed by atoms with E-state index in [9.17, 15) is 24.3 Å². The molecule has 0 aliphatic rings. The Morgan fingerprint density at radius 2 is 1.79 bits per heavy atom. The minimum Gasteiger partial charge on any atom is -0.480 e. The molecule has 0 saturated heterocycles. The largest absolute Gasteiger partial charge is 0.480 e. The van der Waals surface area contributed by atoms with Gasteiger partial charge in [0.2, 0.25) is 0 Å². The predicted molar refractivity (Wildman–Crippen MR) is 124 cm³/mol. The van der Waals surface area contributed by atoms with Crippen molar-refractivity contribution in [1.29, 1.82) is 0 Å². The van der Waals surface area contributed by atoms with Gasteiger partial charge >= 0.3 is 17.6 Å². The highest BCUT2D eigenvalue weighted by molar-refractivity contribution is 7.20. The highest BCUT2D eigenvalue weighted by Gasteiger charge is 2.26. The molecule has 1 N–H and O–H groups in total. The van der Waals surface area contributed by atoms with E-state index in [-0.39, 0.29) is 34.3 Å². The molecule has 1 aromatic carbocycles. The molecule has 0 bridgehead atoms. The number of carbonyl (C=O) groups excluding carboxylic acids is 1. The average molecular weight is 475 g/mol. The second kappa shape index (κ2) is 10.1. The third-order valence-corrected chi connectivity index (χ3v) is 6.30. The van der Waals surface area contributed by atoms with E-state index in [4.69, 9.17) is 9.47 Å². The van der Waals surface area contributed by atoms with Crippen molar-refractivity contribution in [3.8, 4) is 0 Å². The summed E-state index contributed by atoms with van der Waals surface area (Å²) in [6.07, 6.45) is -0.706. The first-order valence-corrected chi connectivity index (χ1v) is 11.3. The maximum atomic E-state index is 13.3. The van der Waals surface area contributed by atoms with Gasteiger partial charge in [-0.15, -0.1) is 11.3 Å². The fraction of sp³-hybridized carbons (Fsp3) is 0.391. The monoisotopic (exact) mass is 474 g/mol. The van der Waals surface area contributed by atoms with Crippen LogP contribution in [0.3, 0.4) is 0 Å². The Hall–Kier alpha value is -3.24. The number of aromatic nitrogens is 2. The number of esters is 1. The Bertz CT molecular complexity index is 1290. The lowest BCUT2D eigenvalue weighted by molar-refractivity contribution is -0.137. The van der Waals surface area contributed by atoms with Crippen LogP contribution in [0.5, 0.6) is 0 Å². The third kappa shape index (κ3) is 5.07. The van der Waals surface area contributed by atoms with Crippen molar-refractivity contribution in [2.45, 2.75) is 53.0 Å². The Balaban J connectivity index is 2.29. The van der Waals surface area contributed by atoms with Crippen LogP contribution in [0.4, 0.5) is 0 Å². The lowest BCUT2D eigenvalue weighted by Crippen LogP contribution is -2.42. The van der Waals surface area contributed by atoms with E-state index in [1.807, 2.05) is 44.2 Å². The maximum Gasteiger partial charge on any atom is 0.348 e. The van der Waals surface area contributed by atoms with Crippen molar-refractivity contribution in [1.82, 2.24) is 9.13 Å². The molecule has 2 aromatic heterocycles. The summed E-state index contributed by atoms with van der Waals surface area (Å²) in [7, 11) is 0. The number of hydrogen-bond acceptors (Lipinski definition) is 7. The Morgan fingerprint density at radius 1 is 1.12 bits per heavy atom. The average Bonchev–Trinajstić information content (AvgIpc) is 3.11. The van der Waals surface area contributed by atoms with Crippen molar-refractivity contribution in [3.63, 3.8) is 0 Å². The topological polar surface area (TPSA) is 117 Å². The highest BCUT2D eigenvalue weighted by atomic mass is 32.1. The summed E-state index contributed by atoms with van der Waals surface area (Å²) in [6.45, 7) is 6.39. The SMILES string of the molecule is CCOC(=O)c1sc2c(c1C)c(=O)n(CC(=O)O)c(=O)n2C[C@H](OC(C)C)c1ccccc1. The molecule has 2 heterocycles. The first-order chi connectivity index (χ1) is 15.6. The number of carboxylic acid groups (broad SMARTS) is 1. The molecule has 0 radical (unpaired) electrons. The number of rotatable bonds is 9. The predicted octanol–water partition coefficient (Wildman–Crippen LogP) is 2.96. The van der Waals surface area contributed by atoms with Crippen molar-refractivity contribution in [3.05, 3.63) is 67.2 Å². The van der Waals surface area contributed by atoms with Gasteiger partial charge < -0.3 is 14.6 Å². The van der Waals surface area contributed by atoms with Gasteiger partial charge in [0.05, 0.1) is 24.6 Å². The van der Waals surface area contributed by atoms with Gasteiger partial charge in [-0.2, -0.15) is 0 Å². The molecule has 1 atom stereocenters. The molecular weight excluding hydrogens is 448 g/mol. The molecule has 10 heteroatoms. The van der Waals surface area contributed by atoms with Crippen molar-refractivity contribution in [2.24, 2.45) is 0 Å². The van der Waals surface area contributed by atoms with Gasteiger partial charge in [-0.3, -0.25) is 14.2 Å². The Morgan fingerprint density at radius 3 is 2.36 bits per heavy atom. The number of nitrogens with zero attached hydrogens (tertiary/aromatic N) is 2. The van der Waals surface area contributed by atoms with E-state index in [1.165, 1.54) is 4.57 Å². The molecule has 0 spiro atoms. The van der Waals surface area contributed by atoms with E-state index >= 15 is 0 Å². The second-order valence-corrected chi connectivity index (χ2v) is 8.72. The van der Waals surface area contributed by atoms with Crippen molar-refractivity contribution < 1.29 is 24.2 Å². The molecule has 0 unspecified atom stereocenters. The lowest BCUT2D eigenvalue weighted by Gasteiger charge is -2.22. The number of aliphatic carboxylic acids is 1. The minimum atomic E-state index is -1.32. The van der Waals surface area contributed by atoms with E-state index in [0.717, 1.165) is 16.9 Å². The zero-order valence-corrected chi connectivity index (χ0v) is 19.7. The van der Waals surface area contributed by atoms with Crippen LogP contribution >= 0.6 is 11.3 Å². The number of hydrogen-bond donors (Lipinski definition) is 1. The smallest absolute Gasteiger partial charge is 0.348 e. The molecule has 33 heavy (non-hydrogen) atoms. The molecule has 3 rings (SSSR count). The summed E-state index contributed by atoms with van der Waals surface area (Å²) < 4.78 is 13.2. The number of carboxylic acids is 1.